The maximum absolute atomic E-state index is 10.9. The third kappa shape index (κ3) is 2.01. The number of fused-ring (bicyclic) bond motifs is 1. The zero-order valence-corrected chi connectivity index (χ0v) is 9.81. The van der Waals surface area contributed by atoms with Crippen molar-refractivity contribution in [2.24, 2.45) is 15.4 Å². The monoisotopic (exact) mass is 319 g/mol. The predicted octanol–water partition coefficient (Wildman–Crippen LogP) is 0.563. The Hall–Kier alpha value is -0.600. The second-order valence-corrected chi connectivity index (χ2v) is 4.96. The summed E-state index contributed by atoms with van der Waals surface area (Å²) in [5.41, 5.74) is 0.806. The van der Waals surface area contributed by atoms with Crippen LogP contribution in [0.1, 0.15) is 6.92 Å². The third-order valence-electron chi connectivity index (χ3n) is 2.10. The molecule has 0 aromatic rings. The molecule has 1 unspecified atom stereocenters. The average Bonchev–Trinajstić information content (AvgIpc) is 2.48. The molecule has 1 heterocycles. The van der Waals surface area contributed by atoms with Crippen molar-refractivity contribution in [2.75, 3.05) is 0 Å². The van der Waals surface area contributed by atoms with Gasteiger partial charge in [0.1, 0.15) is 21.5 Å². The summed E-state index contributed by atoms with van der Waals surface area (Å²) < 4.78 is 31.2. The van der Waals surface area contributed by atoms with Gasteiger partial charge in [0.2, 0.25) is 0 Å². The molecule has 0 saturated heterocycles. The molecule has 1 aliphatic carbocycles. The molecule has 15 heavy (non-hydrogen) atoms. The van der Waals surface area contributed by atoms with Crippen LogP contribution in [0.3, 0.4) is 0 Å². The molecular weight excluding hydrogens is 314 g/mol. The summed E-state index contributed by atoms with van der Waals surface area (Å²) >= 11 is 0. The average molecular weight is 320 g/mol. The topological polar surface area (TPSA) is 94.3 Å². The number of rotatable bonds is 1. The van der Waals surface area contributed by atoms with Gasteiger partial charge in [-0.05, 0) is 24.3 Å². The van der Waals surface area contributed by atoms with Gasteiger partial charge in [0, 0.05) is 0 Å². The molecule has 0 aromatic carbocycles. The molecule has 0 aromatic heterocycles. The molecule has 0 N–H and O–H groups in total. The van der Waals surface area contributed by atoms with E-state index < -0.39 is 14.9 Å². The molecule has 2 aliphatic rings. The van der Waals surface area contributed by atoms with E-state index in [2.05, 4.69) is 15.4 Å². The summed E-state index contributed by atoms with van der Waals surface area (Å²) in [4.78, 5) is 0. The van der Waals surface area contributed by atoms with E-state index in [0.29, 0.717) is 11.4 Å². The van der Waals surface area contributed by atoms with Crippen molar-refractivity contribution in [3.05, 3.63) is 23.9 Å². The van der Waals surface area contributed by atoms with Crippen molar-refractivity contribution in [2.45, 2.75) is 11.7 Å². The fourth-order valence-electron chi connectivity index (χ4n) is 1.16. The number of allylic oxidation sites excluding steroid dienone is 1. The first-order chi connectivity index (χ1) is 6.42. The summed E-state index contributed by atoms with van der Waals surface area (Å²) in [6.45, 7) is 1.31. The van der Waals surface area contributed by atoms with E-state index in [4.69, 9.17) is 0 Å². The van der Waals surface area contributed by atoms with Crippen LogP contribution in [0.15, 0.2) is 39.4 Å². The second-order valence-electron chi connectivity index (χ2n) is 3.18. The van der Waals surface area contributed by atoms with Gasteiger partial charge in [-0.3, -0.25) is 0 Å². The van der Waals surface area contributed by atoms with Crippen LogP contribution in [0, 0.1) is 0 Å². The van der Waals surface area contributed by atoms with Gasteiger partial charge in [-0.2, -0.15) is 0 Å². The fraction of sp³-hybridized carbons (Fsp3) is 0.286. The molecule has 1 aliphatic heterocycles. The summed E-state index contributed by atoms with van der Waals surface area (Å²) in [6.07, 6.45) is 3.98. The number of hydrogen-bond acceptors (Lipinski definition) is 6. The van der Waals surface area contributed by atoms with Crippen LogP contribution in [0.25, 0.3) is 0 Å². The molecule has 0 saturated carbocycles. The van der Waals surface area contributed by atoms with Crippen LogP contribution in [0.4, 0.5) is 0 Å². The Labute approximate surface area is 102 Å². The molecule has 8 heteroatoms. The summed E-state index contributed by atoms with van der Waals surface area (Å²) in [5.74, 6) is 0. The van der Waals surface area contributed by atoms with Crippen molar-refractivity contribution in [3.63, 3.8) is 0 Å². The van der Waals surface area contributed by atoms with Gasteiger partial charge < -0.3 is 4.55 Å². The van der Waals surface area contributed by atoms with Gasteiger partial charge in [-0.25, -0.2) is 8.42 Å². The van der Waals surface area contributed by atoms with Crippen LogP contribution in [0.5, 0.6) is 0 Å². The molecule has 0 amide bonds. The molecule has 1 atom stereocenters. The van der Waals surface area contributed by atoms with E-state index in [1.165, 1.54) is 25.2 Å². The van der Waals surface area contributed by atoms with Gasteiger partial charge in [-0.1, -0.05) is 6.08 Å². The van der Waals surface area contributed by atoms with Gasteiger partial charge in [0.05, 0.1) is 4.75 Å². The maximum atomic E-state index is 10.9. The smallest absolute Gasteiger partial charge is 0.747 e. The quantitative estimate of drug-likeness (QED) is 0.522. The van der Waals surface area contributed by atoms with Gasteiger partial charge in [-0.15, -0.1) is 10.2 Å². The van der Waals surface area contributed by atoms with Crippen LogP contribution < -0.4 is 0 Å². The SMILES string of the molecule is CC1(S(=O)(=O)[O-])C=CC2=NN=NC2=C1.[Ag+]. The minimum atomic E-state index is -4.43. The molecule has 0 bridgehead atoms. The normalized spacial score (nSPS) is 27.9. The standard InChI is InChI=1S/C7H7N3O3S.Ag/c1-7(14(11,12)13)3-2-5-6(4-7)9-10-8-5;/h2-4H,1H3,(H,11,12,13);/q;+1/p-1. The Morgan fingerprint density at radius 2 is 2.13 bits per heavy atom. The van der Waals surface area contributed by atoms with E-state index in [1.807, 2.05) is 0 Å². The van der Waals surface area contributed by atoms with Crippen LogP contribution >= 0.6 is 0 Å². The Kier molecular flexibility index (Phi) is 3.13. The predicted molar refractivity (Wildman–Crippen MR) is 47.6 cm³/mol. The zero-order valence-electron chi connectivity index (χ0n) is 7.51. The molecule has 0 spiro atoms. The molecule has 84 valence electrons. The second kappa shape index (κ2) is 3.76. The van der Waals surface area contributed by atoms with Gasteiger partial charge in [0.15, 0.2) is 0 Å². The van der Waals surface area contributed by atoms with E-state index in [9.17, 15) is 13.0 Å². The van der Waals surface area contributed by atoms with Crippen molar-refractivity contribution in [1.82, 2.24) is 0 Å². The Bertz CT molecular complexity index is 506. The molecule has 0 radical (unpaired) electrons. The van der Waals surface area contributed by atoms with Gasteiger partial charge >= 0.3 is 22.4 Å². The van der Waals surface area contributed by atoms with E-state index in [1.54, 1.807) is 0 Å². The van der Waals surface area contributed by atoms with Crippen molar-refractivity contribution in [1.29, 1.82) is 0 Å². The summed E-state index contributed by atoms with van der Waals surface area (Å²) in [5, 5.41) is 10.6. The first-order valence-electron chi connectivity index (χ1n) is 3.79. The van der Waals surface area contributed by atoms with Crippen LogP contribution in [-0.4, -0.2) is 23.4 Å². The summed E-state index contributed by atoms with van der Waals surface area (Å²) in [7, 11) is -4.43. The number of nitrogens with zero attached hydrogens (tertiary/aromatic N) is 3. The Balaban J connectivity index is 0.00000112. The fourth-order valence-corrected chi connectivity index (χ4v) is 1.65. The van der Waals surface area contributed by atoms with Crippen molar-refractivity contribution in [3.8, 4) is 0 Å². The first-order valence-corrected chi connectivity index (χ1v) is 5.20. The van der Waals surface area contributed by atoms with Crippen molar-refractivity contribution < 1.29 is 35.4 Å². The third-order valence-corrected chi connectivity index (χ3v) is 3.43. The molecule has 0 fully saturated rings. The van der Waals surface area contributed by atoms with E-state index in [0.717, 1.165) is 0 Å². The largest absolute Gasteiger partial charge is 1.00 e. The van der Waals surface area contributed by atoms with E-state index in [-0.39, 0.29) is 22.4 Å². The molecule has 2 rings (SSSR count). The number of hydrogen-bond donors (Lipinski definition) is 0. The maximum Gasteiger partial charge on any atom is 1.00 e. The summed E-state index contributed by atoms with van der Waals surface area (Å²) in [6, 6.07) is 0. The molecule has 6 nitrogen and oxygen atoms in total. The Morgan fingerprint density at radius 1 is 1.47 bits per heavy atom. The van der Waals surface area contributed by atoms with Crippen LogP contribution in [0.2, 0.25) is 0 Å². The van der Waals surface area contributed by atoms with Crippen molar-refractivity contribution >= 4 is 15.8 Å². The minimum Gasteiger partial charge on any atom is -0.747 e. The van der Waals surface area contributed by atoms with Crippen LogP contribution in [-0.2, 0) is 32.5 Å². The Morgan fingerprint density at radius 3 is 2.73 bits per heavy atom. The van der Waals surface area contributed by atoms with Gasteiger partial charge in [0.25, 0.3) is 0 Å². The zero-order chi connectivity index (χ0) is 10.4. The molecular formula is C7H6AgN3O3S. The van der Waals surface area contributed by atoms with E-state index >= 15 is 0 Å². The first kappa shape index (κ1) is 12.5. The minimum absolute atomic E-state index is 0.